The van der Waals surface area contributed by atoms with E-state index >= 15 is 0 Å². The van der Waals surface area contributed by atoms with Crippen LogP contribution >= 0.6 is 15.6 Å². The maximum Gasteiger partial charge on any atom is 0.584 e. The van der Waals surface area contributed by atoms with Gasteiger partial charge in [-0.2, -0.15) is 0 Å². The maximum absolute atomic E-state index is 11.7. The molecule has 0 aromatic heterocycles. The van der Waals surface area contributed by atoms with Crippen LogP contribution in [0.2, 0.25) is 0 Å². The summed E-state index contributed by atoms with van der Waals surface area (Å²) in [5, 5.41) is 0. The van der Waals surface area contributed by atoms with E-state index in [1.165, 1.54) is 22.3 Å². The molecule has 2 N–H and O–H groups in total. The van der Waals surface area contributed by atoms with Crippen molar-refractivity contribution in [1.29, 1.82) is 0 Å². The van der Waals surface area contributed by atoms with Crippen molar-refractivity contribution in [2.45, 2.75) is 0 Å². The third kappa shape index (κ3) is 9.45. The molecule has 1 aliphatic carbocycles. The summed E-state index contributed by atoms with van der Waals surface area (Å²) >= 11 is 0. The van der Waals surface area contributed by atoms with Gasteiger partial charge in [0.1, 0.15) is 23.0 Å². The van der Waals surface area contributed by atoms with Crippen molar-refractivity contribution in [3.63, 3.8) is 0 Å². The SMILES string of the molecule is O=P(O)(Oc1ccccc1)Oc1ccccc1.O=P(O)(Oc1ccccc1)Oc1ccccc1.c1ccc2c(c1)-c1ccccc1-2. The topological polar surface area (TPSA) is 112 Å². The minimum atomic E-state index is -4.14. The highest BCUT2D eigenvalue weighted by atomic mass is 31.2. The van der Waals surface area contributed by atoms with Gasteiger partial charge in [-0.05, 0) is 70.8 Å². The van der Waals surface area contributed by atoms with E-state index in [4.69, 9.17) is 18.1 Å². The van der Waals surface area contributed by atoms with Crippen molar-refractivity contribution in [2.24, 2.45) is 0 Å². The second-order valence-corrected chi connectivity index (χ2v) is 12.3. The zero-order valence-electron chi connectivity index (χ0n) is 24.4. The molecule has 6 aromatic rings. The van der Waals surface area contributed by atoms with Crippen molar-refractivity contribution >= 4 is 15.6 Å². The Morgan fingerprint density at radius 3 is 0.674 bits per heavy atom. The van der Waals surface area contributed by atoms with E-state index in [2.05, 4.69) is 48.5 Å². The molecular formula is C36H30O8P2. The largest absolute Gasteiger partial charge is 0.584 e. The van der Waals surface area contributed by atoms with E-state index in [1.807, 2.05) is 0 Å². The average molecular weight is 653 g/mol. The molecule has 0 radical (unpaired) electrons. The standard InChI is InChI=1S/2C12H11O4P.C12H8/c2*13-17(14,15-11-7-3-1-4-8-11)16-12-9-5-2-6-10-12;1-2-6-10-9(5-1)11-7-3-4-8-12(10)11/h2*1-10H,(H,13,14);1-8H. The molecule has 0 aliphatic heterocycles. The molecule has 0 saturated carbocycles. The van der Waals surface area contributed by atoms with E-state index in [1.54, 1.807) is 121 Å². The fourth-order valence-electron chi connectivity index (χ4n) is 4.34. The summed E-state index contributed by atoms with van der Waals surface area (Å²) in [5.74, 6) is 1.15. The Hall–Kier alpha value is -5.10. The molecule has 7 rings (SSSR count). The molecule has 10 heteroatoms. The van der Waals surface area contributed by atoms with Gasteiger partial charge in [-0.25, -0.2) is 9.13 Å². The molecule has 0 bridgehead atoms. The highest BCUT2D eigenvalue weighted by molar-refractivity contribution is 7.48. The van der Waals surface area contributed by atoms with Crippen molar-refractivity contribution in [3.05, 3.63) is 170 Å². The lowest BCUT2D eigenvalue weighted by molar-refractivity contribution is 0.289. The Bertz CT molecular complexity index is 1630. The van der Waals surface area contributed by atoms with Gasteiger partial charge < -0.3 is 18.1 Å². The molecule has 0 heterocycles. The molecule has 0 spiro atoms. The predicted octanol–water partition coefficient (Wildman–Crippen LogP) is 9.82. The van der Waals surface area contributed by atoms with Crippen LogP contribution in [0.1, 0.15) is 0 Å². The first-order chi connectivity index (χ1) is 22.3. The molecule has 46 heavy (non-hydrogen) atoms. The number of fused-ring (bicyclic) bond motifs is 4. The number of benzene rings is 6. The Morgan fingerprint density at radius 1 is 0.304 bits per heavy atom. The average Bonchev–Trinajstić information content (AvgIpc) is 3.05. The maximum atomic E-state index is 11.7. The van der Waals surface area contributed by atoms with Crippen LogP contribution in [0.4, 0.5) is 0 Å². The highest BCUT2D eigenvalue weighted by Gasteiger charge is 2.25. The quantitative estimate of drug-likeness (QED) is 0.156. The van der Waals surface area contributed by atoms with Crippen molar-refractivity contribution < 1.29 is 37.0 Å². The Balaban J connectivity index is 0.000000138. The van der Waals surface area contributed by atoms with Crippen LogP contribution in [-0.2, 0) is 9.13 Å². The molecular weight excluding hydrogens is 622 g/mol. The molecule has 0 unspecified atom stereocenters. The lowest BCUT2D eigenvalue weighted by Gasteiger charge is -2.22. The van der Waals surface area contributed by atoms with Crippen molar-refractivity contribution in [1.82, 2.24) is 0 Å². The van der Waals surface area contributed by atoms with Gasteiger partial charge >= 0.3 is 15.6 Å². The van der Waals surface area contributed by atoms with Gasteiger partial charge in [0.15, 0.2) is 0 Å². The first-order valence-corrected chi connectivity index (χ1v) is 17.1. The Kier molecular flexibility index (Phi) is 10.7. The van der Waals surface area contributed by atoms with Gasteiger partial charge in [-0.3, -0.25) is 9.79 Å². The van der Waals surface area contributed by atoms with E-state index in [-0.39, 0.29) is 23.0 Å². The minimum absolute atomic E-state index is 0.286. The molecule has 1 aliphatic rings. The minimum Gasteiger partial charge on any atom is -0.395 e. The fourth-order valence-corrected chi connectivity index (χ4v) is 5.97. The Morgan fingerprint density at radius 2 is 0.478 bits per heavy atom. The number of phosphoric ester groups is 2. The first-order valence-electron chi connectivity index (χ1n) is 14.1. The van der Waals surface area contributed by atoms with E-state index < -0.39 is 15.6 Å². The second-order valence-electron chi connectivity index (χ2n) is 9.65. The summed E-state index contributed by atoms with van der Waals surface area (Å²) < 4.78 is 42.9. The molecule has 0 atom stereocenters. The molecule has 0 saturated heterocycles. The summed E-state index contributed by atoms with van der Waals surface area (Å²) in [7, 11) is -8.27. The smallest absolute Gasteiger partial charge is 0.395 e. The first kappa shape index (κ1) is 32.3. The van der Waals surface area contributed by atoms with Crippen LogP contribution in [0.5, 0.6) is 23.0 Å². The van der Waals surface area contributed by atoms with Crippen LogP contribution in [-0.4, -0.2) is 9.79 Å². The molecule has 232 valence electrons. The van der Waals surface area contributed by atoms with Crippen molar-refractivity contribution in [2.75, 3.05) is 0 Å². The Labute approximate surface area is 267 Å². The predicted molar refractivity (Wildman–Crippen MR) is 179 cm³/mol. The number of phosphoric acid groups is 2. The van der Waals surface area contributed by atoms with Crippen LogP contribution in [0.25, 0.3) is 22.3 Å². The van der Waals surface area contributed by atoms with Gasteiger partial charge in [-0.1, -0.05) is 121 Å². The number of para-hydroxylation sites is 4. The lowest BCUT2D eigenvalue weighted by atomic mass is 9.81. The van der Waals surface area contributed by atoms with Crippen molar-refractivity contribution in [3.8, 4) is 45.3 Å². The second kappa shape index (κ2) is 15.3. The van der Waals surface area contributed by atoms with Crippen LogP contribution in [0, 0.1) is 0 Å². The van der Waals surface area contributed by atoms with Crippen LogP contribution < -0.4 is 18.1 Å². The fraction of sp³-hybridized carbons (Fsp3) is 0. The van der Waals surface area contributed by atoms with E-state index in [0.29, 0.717) is 0 Å². The van der Waals surface area contributed by atoms with Crippen LogP contribution in [0.15, 0.2) is 170 Å². The summed E-state index contributed by atoms with van der Waals surface area (Å²) in [6.07, 6.45) is 0. The third-order valence-electron chi connectivity index (χ3n) is 6.29. The van der Waals surface area contributed by atoms with Gasteiger partial charge in [0.05, 0.1) is 0 Å². The number of hydrogen-bond acceptors (Lipinski definition) is 6. The third-order valence-corrected chi connectivity index (χ3v) is 8.06. The number of hydrogen-bond donors (Lipinski definition) is 2. The van der Waals surface area contributed by atoms with Gasteiger partial charge in [0.25, 0.3) is 0 Å². The zero-order chi connectivity index (χ0) is 32.2. The van der Waals surface area contributed by atoms with Gasteiger partial charge in [-0.15, -0.1) is 0 Å². The summed E-state index contributed by atoms with van der Waals surface area (Å²) in [6, 6.07) is 50.5. The normalized spacial score (nSPS) is 11.0. The monoisotopic (exact) mass is 652 g/mol. The molecule has 8 nitrogen and oxygen atoms in total. The van der Waals surface area contributed by atoms with Gasteiger partial charge in [0.2, 0.25) is 0 Å². The van der Waals surface area contributed by atoms with E-state index in [0.717, 1.165) is 0 Å². The lowest BCUT2D eigenvalue weighted by Crippen LogP contribution is -1.99. The van der Waals surface area contributed by atoms with Crippen LogP contribution in [0.3, 0.4) is 0 Å². The molecule has 0 fully saturated rings. The van der Waals surface area contributed by atoms with E-state index in [9.17, 15) is 18.9 Å². The zero-order valence-corrected chi connectivity index (χ0v) is 26.2. The summed E-state index contributed by atoms with van der Waals surface area (Å²) in [4.78, 5) is 19.1. The molecule has 0 amide bonds. The summed E-state index contributed by atoms with van der Waals surface area (Å²) in [5.41, 5.74) is 5.59. The van der Waals surface area contributed by atoms with Gasteiger partial charge in [0, 0.05) is 0 Å². The highest BCUT2D eigenvalue weighted by Crippen LogP contribution is 2.47. The molecule has 6 aromatic carbocycles. The summed E-state index contributed by atoms with van der Waals surface area (Å²) in [6.45, 7) is 0. The number of rotatable bonds is 8.